The summed E-state index contributed by atoms with van der Waals surface area (Å²) in [6.45, 7) is 0.373. The summed E-state index contributed by atoms with van der Waals surface area (Å²) in [6, 6.07) is 1.87. The molecule has 0 aliphatic heterocycles. The van der Waals surface area contributed by atoms with E-state index in [-0.39, 0.29) is 5.91 Å². The molecule has 1 aliphatic rings. The van der Waals surface area contributed by atoms with E-state index in [4.69, 9.17) is 0 Å². The van der Waals surface area contributed by atoms with Crippen molar-refractivity contribution in [3.8, 4) is 0 Å². The third-order valence-electron chi connectivity index (χ3n) is 3.19. The molecular formula is C12H16INO2S. The summed E-state index contributed by atoms with van der Waals surface area (Å²) >= 11 is 3.75. The van der Waals surface area contributed by atoms with Gasteiger partial charge in [0, 0.05) is 11.9 Å². The van der Waals surface area contributed by atoms with Gasteiger partial charge in [-0.3, -0.25) is 4.79 Å². The maximum atomic E-state index is 11.8. The number of amides is 1. The van der Waals surface area contributed by atoms with Crippen molar-refractivity contribution in [3.63, 3.8) is 0 Å². The number of thiophene rings is 1. The van der Waals surface area contributed by atoms with Gasteiger partial charge in [0.05, 0.1) is 14.0 Å². The Bertz CT molecular complexity index is 399. The largest absolute Gasteiger partial charge is 0.388 e. The zero-order valence-corrected chi connectivity index (χ0v) is 12.5. The van der Waals surface area contributed by atoms with E-state index in [0.717, 1.165) is 28.6 Å². The van der Waals surface area contributed by atoms with Gasteiger partial charge in [0.1, 0.15) is 0 Å². The normalized spacial score (nSPS) is 18.9. The fourth-order valence-electron chi connectivity index (χ4n) is 2.16. The molecule has 0 atom stereocenters. The van der Waals surface area contributed by atoms with Crippen LogP contribution in [0.2, 0.25) is 0 Å². The molecule has 0 aromatic carbocycles. The number of halogens is 1. The molecular weight excluding hydrogens is 349 g/mol. The van der Waals surface area contributed by atoms with Crippen LogP contribution in [0, 0.1) is 2.88 Å². The fourth-order valence-corrected chi connectivity index (χ4v) is 3.49. The monoisotopic (exact) mass is 365 g/mol. The molecule has 5 heteroatoms. The van der Waals surface area contributed by atoms with Crippen molar-refractivity contribution in [1.29, 1.82) is 0 Å². The van der Waals surface area contributed by atoms with E-state index in [2.05, 4.69) is 27.9 Å². The minimum Gasteiger partial charge on any atom is -0.388 e. The molecule has 0 spiro atoms. The molecule has 2 rings (SSSR count). The summed E-state index contributed by atoms with van der Waals surface area (Å²) < 4.78 is 1.10. The Labute approximate surface area is 119 Å². The molecule has 1 heterocycles. The standard InChI is InChI=1S/C12H16INO2S/c13-10-6-9(7-17-10)11(15)14-8-12(16)4-2-1-3-5-12/h6-7,16H,1-5,8H2,(H,14,15). The number of hydrogen-bond donors (Lipinski definition) is 2. The fraction of sp³-hybridized carbons (Fsp3) is 0.583. The Morgan fingerprint density at radius 3 is 2.76 bits per heavy atom. The summed E-state index contributed by atoms with van der Waals surface area (Å²) in [5.41, 5.74) is 0.00990. The number of aliphatic hydroxyl groups is 1. The first-order valence-corrected chi connectivity index (χ1v) is 7.80. The number of carbonyl (C=O) groups is 1. The summed E-state index contributed by atoms with van der Waals surface area (Å²) in [4.78, 5) is 11.8. The van der Waals surface area contributed by atoms with Crippen LogP contribution >= 0.6 is 33.9 Å². The summed E-state index contributed by atoms with van der Waals surface area (Å²) in [6.07, 6.45) is 4.91. The van der Waals surface area contributed by atoms with E-state index >= 15 is 0 Å². The second-order valence-electron chi connectivity index (χ2n) is 4.61. The summed E-state index contributed by atoms with van der Waals surface area (Å²) in [5, 5.41) is 14.9. The van der Waals surface area contributed by atoms with Crippen LogP contribution in [0.25, 0.3) is 0 Å². The van der Waals surface area contributed by atoms with E-state index in [1.807, 2.05) is 11.4 Å². The second-order valence-corrected chi connectivity index (χ2v) is 7.41. The molecule has 3 nitrogen and oxygen atoms in total. The molecule has 0 bridgehead atoms. The number of hydrogen-bond acceptors (Lipinski definition) is 3. The van der Waals surface area contributed by atoms with Gasteiger partial charge in [-0.05, 0) is 41.5 Å². The van der Waals surface area contributed by atoms with Gasteiger partial charge in [0.2, 0.25) is 0 Å². The lowest BCUT2D eigenvalue weighted by molar-refractivity contribution is 0.00526. The van der Waals surface area contributed by atoms with E-state index in [1.165, 1.54) is 6.42 Å². The van der Waals surface area contributed by atoms with Crippen molar-refractivity contribution in [3.05, 3.63) is 19.9 Å². The van der Waals surface area contributed by atoms with Gasteiger partial charge in [-0.15, -0.1) is 11.3 Å². The van der Waals surface area contributed by atoms with Crippen molar-refractivity contribution in [2.75, 3.05) is 6.54 Å². The Kier molecular flexibility index (Phi) is 4.43. The lowest BCUT2D eigenvalue weighted by atomic mass is 9.85. The third kappa shape index (κ3) is 3.66. The van der Waals surface area contributed by atoms with Gasteiger partial charge in [-0.25, -0.2) is 0 Å². The van der Waals surface area contributed by atoms with Gasteiger partial charge < -0.3 is 10.4 Å². The second kappa shape index (κ2) is 5.67. The maximum absolute atomic E-state index is 11.8. The van der Waals surface area contributed by atoms with Crippen LogP contribution in [-0.2, 0) is 0 Å². The minimum absolute atomic E-state index is 0.0804. The minimum atomic E-state index is -0.683. The van der Waals surface area contributed by atoms with Gasteiger partial charge in [0.25, 0.3) is 5.91 Å². The summed E-state index contributed by atoms with van der Waals surface area (Å²) in [5.74, 6) is -0.0804. The van der Waals surface area contributed by atoms with E-state index in [1.54, 1.807) is 11.3 Å². The van der Waals surface area contributed by atoms with Gasteiger partial charge in [0.15, 0.2) is 0 Å². The molecule has 1 aromatic heterocycles. The van der Waals surface area contributed by atoms with Crippen LogP contribution in [-0.4, -0.2) is 23.2 Å². The average molecular weight is 365 g/mol. The van der Waals surface area contributed by atoms with E-state index in [9.17, 15) is 9.90 Å². The topological polar surface area (TPSA) is 49.3 Å². The quantitative estimate of drug-likeness (QED) is 0.810. The lowest BCUT2D eigenvalue weighted by Crippen LogP contribution is -2.44. The van der Waals surface area contributed by atoms with Crippen LogP contribution in [0.4, 0.5) is 0 Å². The Hall–Kier alpha value is -0.140. The average Bonchev–Trinajstić information content (AvgIpc) is 2.74. The molecule has 1 amide bonds. The Morgan fingerprint density at radius 2 is 2.18 bits per heavy atom. The van der Waals surface area contributed by atoms with Crippen molar-refractivity contribution >= 4 is 39.8 Å². The lowest BCUT2D eigenvalue weighted by Gasteiger charge is -2.32. The molecule has 0 radical (unpaired) electrons. The highest BCUT2D eigenvalue weighted by molar-refractivity contribution is 14.1. The zero-order valence-electron chi connectivity index (χ0n) is 9.54. The van der Waals surface area contributed by atoms with Crippen LogP contribution in [0.3, 0.4) is 0 Å². The highest BCUT2D eigenvalue weighted by Gasteiger charge is 2.29. The highest BCUT2D eigenvalue weighted by atomic mass is 127. The zero-order chi connectivity index (χ0) is 12.3. The third-order valence-corrected chi connectivity index (χ3v) is 4.98. The van der Waals surface area contributed by atoms with Crippen molar-refractivity contribution in [2.24, 2.45) is 0 Å². The van der Waals surface area contributed by atoms with Crippen LogP contribution < -0.4 is 5.32 Å². The van der Waals surface area contributed by atoms with E-state index < -0.39 is 5.60 Å². The van der Waals surface area contributed by atoms with Crippen molar-refractivity contribution in [2.45, 2.75) is 37.7 Å². The molecule has 1 fully saturated rings. The van der Waals surface area contributed by atoms with Crippen LogP contribution in [0.5, 0.6) is 0 Å². The summed E-state index contributed by atoms with van der Waals surface area (Å²) in [7, 11) is 0. The first-order valence-electron chi connectivity index (χ1n) is 5.84. The first-order chi connectivity index (χ1) is 8.09. The van der Waals surface area contributed by atoms with Gasteiger partial charge in [-0.1, -0.05) is 19.3 Å². The predicted octanol–water partition coefficient (Wildman–Crippen LogP) is 2.78. The van der Waals surface area contributed by atoms with Crippen LogP contribution in [0.1, 0.15) is 42.5 Å². The molecule has 17 heavy (non-hydrogen) atoms. The SMILES string of the molecule is O=C(NCC1(O)CCCCC1)c1csc(I)c1. The van der Waals surface area contributed by atoms with Crippen molar-refractivity contribution in [1.82, 2.24) is 5.32 Å². The number of nitrogens with one attached hydrogen (secondary N) is 1. The molecule has 1 aliphatic carbocycles. The smallest absolute Gasteiger partial charge is 0.252 e. The first kappa shape index (κ1) is 13.3. The van der Waals surface area contributed by atoms with Crippen molar-refractivity contribution < 1.29 is 9.90 Å². The molecule has 1 aromatic rings. The highest BCUT2D eigenvalue weighted by Crippen LogP contribution is 2.27. The Balaban J connectivity index is 1.87. The predicted molar refractivity (Wildman–Crippen MR) is 77.4 cm³/mol. The van der Waals surface area contributed by atoms with Crippen LogP contribution in [0.15, 0.2) is 11.4 Å². The molecule has 0 unspecified atom stereocenters. The molecule has 1 saturated carbocycles. The van der Waals surface area contributed by atoms with Gasteiger partial charge in [-0.2, -0.15) is 0 Å². The van der Waals surface area contributed by atoms with Gasteiger partial charge >= 0.3 is 0 Å². The van der Waals surface area contributed by atoms with E-state index in [0.29, 0.717) is 12.1 Å². The molecule has 94 valence electrons. The molecule has 0 saturated heterocycles. The maximum Gasteiger partial charge on any atom is 0.252 e. The Morgan fingerprint density at radius 1 is 1.47 bits per heavy atom. The number of rotatable bonds is 3. The molecule has 2 N–H and O–H groups in total. The number of carbonyl (C=O) groups excluding carboxylic acids is 1.